The molecular formula is C7H15Sm. The van der Waals surface area contributed by atoms with Gasteiger partial charge in [-0.15, -0.1) is 0 Å². The topological polar surface area (TPSA) is 0 Å². The number of rotatable bonds is 5. The molecule has 0 nitrogen and oxygen atoms in total. The molecule has 0 saturated heterocycles. The molecule has 0 aliphatic heterocycles. The molecule has 0 aromatic heterocycles. The minimum atomic E-state index is 1.37. The molecule has 8 heavy (non-hydrogen) atoms. The van der Waals surface area contributed by atoms with E-state index in [0.717, 1.165) is 0 Å². The maximum atomic E-state index is 2.26. The average Bonchev–Trinajstić information content (AvgIpc) is 1.81. The normalized spacial score (nSPS) is 9.62. The van der Waals surface area contributed by atoms with E-state index in [0.29, 0.717) is 0 Å². The molecule has 0 unspecified atom stereocenters. The van der Waals surface area contributed by atoms with E-state index in [4.69, 9.17) is 0 Å². The fraction of sp³-hybridized carbons (Fsp3) is 1.00. The van der Waals surface area contributed by atoms with Crippen LogP contribution in [0.15, 0.2) is 0 Å². The molecule has 0 aromatic carbocycles. The number of hydrogen-bond donors (Lipinski definition) is 0. The van der Waals surface area contributed by atoms with Crippen LogP contribution in [-0.2, 0) is 0 Å². The molecule has 0 radical (unpaired) electrons. The van der Waals surface area contributed by atoms with Crippen LogP contribution in [0.4, 0.5) is 0 Å². The molecule has 0 spiro atoms. The average molecular weight is 250 g/mol. The van der Waals surface area contributed by atoms with Gasteiger partial charge in [-0.05, 0) is 0 Å². The van der Waals surface area contributed by atoms with Crippen molar-refractivity contribution in [1.82, 2.24) is 0 Å². The second-order valence-corrected chi connectivity index (χ2v) is 3.43. The van der Waals surface area contributed by atoms with Crippen LogP contribution >= 0.6 is 0 Å². The summed E-state index contributed by atoms with van der Waals surface area (Å²) < 4.78 is 1.45. The van der Waals surface area contributed by atoms with Crippen LogP contribution in [-0.4, -0.2) is 0 Å². The summed E-state index contributed by atoms with van der Waals surface area (Å²) in [7, 11) is 0. The summed E-state index contributed by atoms with van der Waals surface area (Å²) in [6, 6.07) is 0. The Kier molecular flexibility index (Phi) is 9.73. The summed E-state index contributed by atoms with van der Waals surface area (Å²) in [5.74, 6) is 0. The van der Waals surface area contributed by atoms with E-state index in [9.17, 15) is 0 Å². The van der Waals surface area contributed by atoms with Crippen molar-refractivity contribution in [3.63, 3.8) is 0 Å². The van der Waals surface area contributed by atoms with E-state index in [1.807, 2.05) is 0 Å². The van der Waals surface area contributed by atoms with Gasteiger partial charge in [0.1, 0.15) is 0 Å². The SMILES string of the molecule is CCCCCC[CH2][Sm]. The Balaban J connectivity index is 2.53. The Morgan fingerprint density at radius 3 is 2.12 bits per heavy atom. The second kappa shape index (κ2) is 8.34. The summed E-state index contributed by atoms with van der Waals surface area (Å²) in [5.41, 5.74) is 0. The van der Waals surface area contributed by atoms with Gasteiger partial charge >= 0.3 is 79.5 Å². The summed E-state index contributed by atoms with van der Waals surface area (Å²) in [6.07, 6.45) is 7.21. The van der Waals surface area contributed by atoms with Crippen molar-refractivity contribution >= 4 is 0 Å². The van der Waals surface area contributed by atoms with Crippen molar-refractivity contribution < 1.29 is 38.3 Å². The molecule has 0 atom stereocenters. The van der Waals surface area contributed by atoms with E-state index in [1.165, 1.54) is 34.2 Å². The van der Waals surface area contributed by atoms with Gasteiger partial charge in [-0.3, -0.25) is 0 Å². The van der Waals surface area contributed by atoms with Gasteiger partial charge in [-0.2, -0.15) is 0 Å². The zero-order valence-corrected chi connectivity index (χ0v) is 8.27. The van der Waals surface area contributed by atoms with Crippen LogP contribution < -0.4 is 0 Å². The van der Waals surface area contributed by atoms with Gasteiger partial charge < -0.3 is 0 Å². The van der Waals surface area contributed by atoms with Gasteiger partial charge in [0.25, 0.3) is 0 Å². The first kappa shape index (κ1) is 9.34. The van der Waals surface area contributed by atoms with Gasteiger partial charge in [-0.1, -0.05) is 0 Å². The Bertz CT molecular complexity index is 29.4. The van der Waals surface area contributed by atoms with Crippen molar-refractivity contribution in [2.45, 2.75) is 41.2 Å². The maximum absolute atomic E-state index is 2.26. The fourth-order valence-electron chi connectivity index (χ4n) is 0.706. The van der Waals surface area contributed by atoms with Gasteiger partial charge in [-0.25, -0.2) is 0 Å². The minimum absolute atomic E-state index is 1.37. The van der Waals surface area contributed by atoms with E-state index in [-0.39, 0.29) is 0 Å². The first-order valence-corrected chi connectivity index (χ1v) is 5.35. The Labute approximate surface area is 78.7 Å². The molecule has 0 fully saturated rings. The van der Waals surface area contributed by atoms with Crippen molar-refractivity contribution in [2.24, 2.45) is 0 Å². The zero-order chi connectivity index (χ0) is 6.24. The molecule has 0 saturated carbocycles. The zero-order valence-electron chi connectivity index (χ0n) is 5.65. The molecule has 1 heteroatoms. The Hall–Kier alpha value is 1.34. The Morgan fingerprint density at radius 1 is 1.00 bits per heavy atom. The standard InChI is InChI=1S/C7H15.Sm/c1-3-5-7-6-4-2;/h1,3-7H2,2H3;. The summed E-state index contributed by atoms with van der Waals surface area (Å²) in [5, 5.41) is 0. The van der Waals surface area contributed by atoms with Gasteiger partial charge in [0.2, 0.25) is 0 Å². The second-order valence-electron chi connectivity index (χ2n) is 2.12. The van der Waals surface area contributed by atoms with Crippen LogP contribution in [0, 0.1) is 38.3 Å². The van der Waals surface area contributed by atoms with Crippen LogP contribution in [0.25, 0.3) is 0 Å². The van der Waals surface area contributed by atoms with Crippen LogP contribution in [0.5, 0.6) is 0 Å². The number of unbranched alkanes of at least 4 members (excludes halogenated alkanes) is 4. The van der Waals surface area contributed by atoms with Crippen molar-refractivity contribution in [3.05, 3.63) is 0 Å². The Morgan fingerprint density at radius 2 is 1.62 bits per heavy atom. The van der Waals surface area contributed by atoms with E-state index in [1.54, 1.807) is 38.3 Å². The third-order valence-electron chi connectivity index (χ3n) is 1.25. The molecule has 49 valence electrons. The third-order valence-corrected chi connectivity index (χ3v) is 2.17. The predicted molar refractivity (Wildman–Crippen MR) is 33.6 cm³/mol. The summed E-state index contributed by atoms with van der Waals surface area (Å²) in [4.78, 5) is 0. The van der Waals surface area contributed by atoms with Gasteiger partial charge in [0.15, 0.2) is 0 Å². The van der Waals surface area contributed by atoms with E-state index < -0.39 is 0 Å². The molecule has 0 amide bonds. The third kappa shape index (κ3) is 7.34. The van der Waals surface area contributed by atoms with Gasteiger partial charge in [0, 0.05) is 0 Å². The van der Waals surface area contributed by atoms with Crippen LogP contribution in [0.3, 0.4) is 0 Å². The monoisotopic (exact) mass is 251 g/mol. The van der Waals surface area contributed by atoms with E-state index in [2.05, 4.69) is 6.92 Å². The molecule has 0 aliphatic rings. The first-order valence-electron chi connectivity index (χ1n) is 3.50. The first-order chi connectivity index (χ1) is 3.91. The van der Waals surface area contributed by atoms with E-state index >= 15 is 0 Å². The van der Waals surface area contributed by atoms with Crippen molar-refractivity contribution in [1.29, 1.82) is 0 Å². The molecule has 0 aromatic rings. The molecular weight excluding hydrogens is 234 g/mol. The fourth-order valence-corrected chi connectivity index (χ4v) is 1.36. The van der Waals surface area contributed by atoms with Crippen LogP contribution in [0.1, 0.15) is 39.0 Å². The van der Waals surface area contributed by atoms with Crippen molar-refractivity contribution in [3.8, 4) is 0 Å². The van der Waals surface area contributed by atoms with Crippen LogP contribution in [0.2, 0.25) is 2.14 Å². The molecule has 0 rings (SSSR count). The number of hydrogen-bond acceptors (Lipinski definition) is 0. The molecule has 0 aliphatic carbocycles. The molecule has 0 heterocycles. The van der Waals surface area contributed by atoms with Crippen molar-refractivity contribution in [2.75, 3.05) is 0 Å². The quantitative estimate of drug-likeness (QED) is 0.657. The summed E-state index contributed by atoms with van der Waals surface area (Å²) in [6.45, 7) is 2.26. The predicted octanol–water partition coefficient (Wildman–Crippen LogP) is 2.92. The summed E-state index contributed by atoms with van der Waals surface area (Å²) >= 11 is 1.75. The molecule has 0 N–H and O–H groups in total. The van der Waals surface area contributed by atoms with Gasteiger partial charge in [0.05, 0.1) is 0 Å². The molecule has 0 bridgehead atoms.